The number of nitriles is 1. The van der Waals surface area contributed by atoms with Gasteiger partial charge >= 0.3 is 0 Å². The molecular weight excluding hydrogens is 516 g/mol. The second-order valence-corrected chi connectivity index (χ2v) is 11.6. The number of aromatic amines is 1. The number of hydrogen-bond donors (Lipinski definition) is 2. The maximum atomic E-state index is 13.3. The molecule has 0 spiro atoms. The number of pyridine rings is 1. The maximum Gasteiger partial charge on any atom is 0.254 e. The van der Waals surface area contributed by atoms with Gasteiger partial charge in [-0.05, 0) is 63.8 Å². The molecule has 2 N–H and O–H groups in total. The molecule has 1 aromatic carbocycles. The van der Waals surface area contributed by atoms with Gasteiger partial charge in [0.15, 0.2) is 11.5 Å². The van der Waals surface area contributed by atoms with Crippen LogP contribution in [0.4, 0.5) is 0 Å². The highest BCUT2D eigenvalue weighted by Crippen LogP contribution is 2.43. The smallest absolute Gasteiger partial charge is 0.254 e. The van der Waals surface area contributed by atoms with E-state index in [1.807, 2.05) is 26.2 Å². The Labute approximate surface area is 233 Å². The number of amides is 1. The van der Waals surface area contributed by atoms with Gasteiger partial charge in [-0.1, -0.05) is 0 Å². The van der Waals surface area contributed by atoms with E-state index < -0.39 is 0 Å². The first-order valence-corrected chi connectivity index (χ1v) is 14.7. The number of methoxy groups -OCH3 is 1. The van der Waals surface area contributed by atoms with Crippen LogP contribution in [0.5, 0.6) is 11.5 Å². The molecular formula is C29H36N4O5S. The third kappa shape index (κ3) is 5.53. The zero-order chi connectivity index (χ0) is 27.7. The summed E-state index contributed by atoms with van der Waals surface area (Å²) in [5, 5.41) is 12.7. The van der Waals surface area contributed by atoms with Crippen molar-refractivity contribution in [3.8, 4) is 17.6 Å². The average Bonchev–Trinajstić information content (AvgIpc) is 2.92. The summed E-state index contributed by atoms with van der Waals surface area (Å²) in [5.74, 6) is 0.868. The summed E-state index contributed by atoms with van der Waals surface area (Å²) in [5.41, 5.74) is 2.30. The highest BCUT2D eigenvalue weighted by atomic mass is 32.2. The minimum Gasteiger partial charge on any atom is -0.484 e. The Bertz CT molecular complexity index is 1340. The van der Waals surface area contributed by atoms with Gasteiger partial charge in [0.2, 0.25) is 0 Å². The molecule has 3 aliphatic rings. The van der Waals surface area contributed by atoms with Gasteiger partial charge in [-0.15, -0.1) is 11.8 Å². The van der Waals surface area contributed by atoms with Crippen LogP contribution in [0.1, 0.15) is 58.4 Å². The van der Waals surface area contributed by atoms with Crippen LogP contribution < -0.4 is 20.3 Å². The number of H-pyrrole nitrogens is 1. The molecule has 2 fully saturated rings. The molecule has 1 saturated heterocycles. The van der Waals surface area contributed by atoms with Crippen molar-refractivity contribution in [1.82, 2.24) is 15.2 Å². The number of rotatable bonds is 7. The predicted molar refractivity (Wildman–Crippen MR) is 149 cm³/mol. The summed E-state index contributed by atoms with van der Waals surface area (Å²) >= 11 is 1.46. The van der Waals surface area contributed by atoms with Crippen LogP contribution in [0.15, 0.2) is 21.8 Å². The number of aromatic nitrogens is 1. The van der Waals surface area contributed by atoms with E-state index in [0.29, 0.717) is 52.9 Å². The monoisotopic (exact) mass is 552 g/mol. The van der Waals surface area contributed by atoms with Crippen LogP contribution in [-0.2, 0) is 11.3 Å². The summed E-state index contributed by atoms with van der Waals surface area (Å²) in [7, 11) is 1.78. The summed E-state index contributed by atoms with van der Waals surface area (Å²) in [6.45, 7) is 6.15. The fourth-order valence-corrected chi connectivity index (χ4v) is 6.68. The quantitative estimate of drug-likeness (QED) is 0.501. The van der Waals surface area contributed by atoms with Crippen LogP contribution in [0.3, 0.4) is 0 Å². The SMILES string of the molecule is COC1CN(C2CCC([C@@H]3COc4c(C#N)cc(C(=O)NCc5c(SC)cc(C)[nH]c5=O)c(C)c4O3)CC2)C1. The Morgan fingerprint density at radius 1 is 1.23 bits per heavy atom. The summed E-state index contributed by atoms with van der Waals surface area (Å²) in [6, 6.07) is 6.20. The topological polar surface area (TPSA) is 117 Å². The number of thioether (sulfide) groups is 1. The number of hydrogen-bond acceptors (Lipinski definition) is 8. The molecule has 1 aromatic heterocycles. The second-order valence-electron chi connectivity index (χ2n) is 10.7. The molecule has 1 atom stereocenters. The van der Waals surface area contributed by atoms with Gasteiger partial charge in [0.05, 0.1) is 11.7 Å². The van der Waals surface area contributed by atoms with Crippen molar-refractivity contribution in [2.45, 2.75) is 69.2 Å². The maximum absolute atomic E-state index is 13.3. The minimum atomic E-state index is -0.367. The number of fused-ring (bicyclic) bond motifs is 1. The number of nitrogens with zero attached hydrogens (tertiary/aromatic N) is 2. The van der Waals surface area contributed by atoms with Crippen LogP contribution in [0, 0.1) is 31.1 Å². The largest absolute Gasteiger partial charge is 0.484 e. The highest BCUT2D eigenvalue weighted by molar-refractivity contribution is 7.98. The Hall–Kier alpha value is -3.00. The molecule has 1 saturated carbocycles. The zero-order valence-corrected chi connectivity index (χ0v) is 23.8. The predicted octanol–water partition coefficient (Wildman–Crippen LogP) is 3.54. The van der Waals surface area contributed by atoms with E-state index in [2.05, 4.69) is 21.3 Å². The Kier molecular flexibility index (Phi) is 8.21. The third-order valence-corrected chi connectivity index (χ3v) is 9.18. The van der Waals surface area contributed by atoms with Gasteiger partial charge in [0.25, 0.3) is 11.5 Å². The minimum absolute atomic E-state index is 0.0778. The second kappa shape index (κ2) is 11.6. The molecule has 1 amide bonds. The van der Waals surface area contributed by atoms with Crippen LogP contribution >= 0.6 is 11.8 Å². The average molecular weight is 553 g/mol. The fraction of sp³-hybridized carbons (Fsp3) is 0.552. The van der Waals surface area contributed by atoms with Gasteiger partial charge in [0, 0.05) is 60.1 Å². The first kappa shape index (κ1) is 27.6. The van der Waals surface area contributed by atoms with Crippen LogP contribution in [0.25, 0.3) is 0 Å². The number of carbonyl (C=O) groups excluding carboxylic acids is 1. The highest BCUT2D eigenvalue weighted by Gasteiger charge is 2.39. The summed E-state index contributed by atoms with van der Waals surface area (Å²) in [4.78, 5) is 31.9. The lowest BCUT2D eigenvalue weighted by Crippen LogP contribution is -2.57. The Balaban J connectivity index is 1.29. The van der Waals surface area contributed by atoms with E-state index in [-0.39, 0.29) is 29.7 Å². The van der Waals surface area contributed by atoms with E-state index in [0.717, 1.165) is 49.4 Å². The first-order chi connectivity index (χ1) is 18.8. The summed E-state index contributed by atoms with van der Waals surface area (Å²) in [6.07, 6.45) is 6.48. The lowest BCUT2D eigenvalue weighted by atomic mass is 9.81. The van der Waals surface area contributed by atoms with Crippen molar-refractivity contribution in [2.24, 2.45) is 5.92 Å². The molecule has 10 heteroatoms. The van der Waals surface area contributed by atoms with Gasteiger partial charge in [-0.2, -0.15) is 5.26 Å². The van der Waals surface area contributed by atoms with Crippen LogP contribution in [0.2, 0.25) is 0 Å². The van der Waals surface area contributed by atoms with E-state index in [9.17, 15) is 14.9 Å². The molecule has 5 rings (SSSR count). The molecule has 208 valence electrons. The van der Waals surface area contributed by atoms with Gasteiger partial charge in [0.1, 0.15) is 18.8 Å². The molecule has 1 aliphatic carbocycles. The molecule has 2 aromatic rings. The molecule has 9 nitrogen and oxygen atoms in total. The standard InChI is InChI=1S/C29H36N4O5S/c1-16-9-25(39-4)23(29(35)32-16)12-31-28(34)22-10-19(11-30)27-26(17(22)2)38-24(15-37-27)18-5-7-20(8-6-18)33-13-21(14-33)36-3/h9-10,18,20-21,24H,5-8,12-15H2,1-4H3,(H,31,34)(H,32,35)/t18?,20?,24-/m0/s1. The van der Waals surface area contributed by atoms with Crippen molar-refractivity contribution in [3.05, 3.63) is 50.4 Å². The molecule has 0 unspecified atom stereocenters. The lowest BCUT2D eigenvalue weighted by molar-refractivity contribution is -0.0649. The number of nitrogens with one attached hydrogen (secondary N) is 2. The van der Waals surface area contributed by atoms with Crippen LogP contribution in [-0.4, -0.2) is 67.1 Å². The number of carbonyl (C=O) groups is 1. The van der Waals surface area contributed by atoms with Gasteiger partial charge in [-0.25, -0.2) is 0 Å². The fourth-order valence-electron chi connectivity index (χ4n) is 5.98. The van der Waals surface area contributed by atoms with Crippen molar-refractivity contribution >= 4 is 17.7 Å². The van der Waals surface area contributed by atoms with Crippen molar-refractivity contribution in [3.63, 3.8) is 0 Å². The lowest BCUT2D eigenvalue weighted by Gasteiger charge is -2.46. The number of benzene rings is 1. The molecule has 39 heavy (non-hydrogen) atoms. The zero-order valence-electron chi connectivity index (χ0n) is 23.0. The number of aryl methyl sites for hydroxylation is 1. The molecule has 2 aliphatic heterocycles. The number of likely N-dealkylation sites (tertiary alicyclic amines) is 1. The normalized spacial score (nSPS) is 23.1. The Morgan fingerprint density at radius 3 is 2.64 bits per heavy atom. The van der Waals surface area contributed by atoms with E-state index in [1.54, 1.807) is 13.2 Å². The van der Waals surface area contributed by atoms with E-state index in [4.69, 9.17) is 14.2 Å². The van der Waals surface area contributed by atoms with Crippen molar-refractivity contribution in [2.75, 3.05) is 33.1 Å². The van der Waals surface area contributed by atoms with Gasteiger partial charge < -0.3 is 24.5 Å². The Morgan fingerprint density at radius 2 is 1.97 bits per heavy atom. The number of ether oxygens (including phenoxy) is 3. The third-order valence-electron chi connectivity index (χ3n) is 8.38. The van der Waals surface area contributed by atoms with E-state index in [1.165, 1.54) is 11.8 Å². The molecule has 3 heterocycles. The van der Waals surface area contributed by atoms with Gasteiger partial charge in [-0.3, -0.25) is 14.5 Å². The molecule has 0 bridgehead atoms. The molecule has 0 radical (unpaired) electrons. The van der Waals surface area contributed by atoms with E-state index >= 15 is 0 Å². The van der Waals surface area contributed by atoms with Crippen molar-refractivity contribution in [1.29, 1.82) is 5.26 Å². The first-order valence-electron chi connectivity index (χ1n) is 13.5. The van der Waals surface area contributed by atoms with Crippen molar-refractivity contribution < 1.29 is 19.0 Å². The summed E-state index contributed by atoms with van der Waals surface area (Å²) < 4.78 is 18.0.